The van der Waals surface area contributed by atoms with Crippen LogP contribution in [0.5, 0.6) is 0 Å². The number of anilines is 1. The van der Waals surface area contributed by atoms with Gasteiger partial charge in [-0.25, -0.2) is 4.79 Å². The molecule has 0 bridgehead atoms. The second kappa shape index (κ2) is 9.20. The lowest BCUT2D eigenvalue weighted by Crippen LogP contribution is -2.16. The third kappa shape index (κ3) is 5.65. The van der Waals surface area contributed by atoms with E-state index in [1.807, 2.05) is 42.5 Å². The van der Waals surface area contributed by atoms with Gasteiger partial charge in [0, 0.05) is 5.69 Å². The Balaban J connectivity index is 1.84. The highest BCUT2D eigenvalue weighted by molar-refractivity contribution is 5.84. The Bertz CT molecular complexity index is 675. The molecular formula is C20H21NO3. The summed E-state index contributed by atoms with van der Waals surface area (Å²) in [5.74, 6) is 0. The highest BCUT2D eigenvalue weighted by Gasteiger charge is 2.03. The maximum absolute atomic E-state index is 11.6. The first-order chi connectivity index (χ1) is 11.7. The van der Waals surface area contributed by atoms with Crippen molar-refractivity contribution < 1.29 is 14.3 Å². The summed E-state index contributed by atoms with van der Waals surface area (Å²) in [4.78, 5) is 11.6. The van der Waals surface area contributed by atoms with Gasteiger partial charge in [0.1, 0.15) is 13.2 Å². The topological polar surface area (TPSA) is 47.6 Å². The molecular weight excluding hydrogens is 302 g/mol. The molecule has 1 amide bonds. The Morgan fingerprint density at radius 2 is 1.58 bits per heavy atom. The first-order valence-corrected chi connectivity index (χ1v) is 7.68. The Hall–Kier alpha value is -3.01. The molecule has 0 fully saturated rings. The third-order valence-corrected chi connectivity index (χ3v) is 3.38. The highest BCUT2D eigenvalue weighted by Crippen LogP contribution is 2.15. The predicted octanol–water partition coefficient (Wildman–Crippen LogP) is 4.63. The van der Waals surface area contributed by atoms with Gasteiger partial charge in [0.15, 0.2) is 0 Å². The summed E-state index contributed by atoms with van der Waals surface area (Å²) in [5, 5.41) is 2.67. The maximum atomic E-state index is 11.6. The monoisotopic (exact) mass is 323 g/mol. The van der Waals surface area contributed by atoms with Crippen LogP contribution in [0.1, 0.15) is 16.7 Å². The van der Waals surface area contributed by atoms with Crippen LogP contribution in [0.15, 0.2) is 68.0 Å². The van der Waals surface area contributed by atoms with Crippen molar-refractivity contribution in [1.29, 1.82) is 0 Å². The molecule has 24 heavy (non-hydrogen) atoms. The quantitative estimate of drug-likeness (QED) is 0.569. The molecule has 124 valence electrons. The van der Waals surface area contributed by atoms with E-state index in [2.05, 4.69) is 30.6 Å². The van der Waals surface area contributed by atoms with E-state index in [4.69, 9.17) is 9.47 Å². The average Bonchev–Trinajstić information content (AvgIpc) is 2.61. The van der Waals surface area contributed by atoms with Crippen molar-refractivity contribution in [3.63, 3.8) is 0 Å². The van der Waals surface area contributed by atoms with Gasteiger partial charge in [-0.2, -0.15) is 0 Å². The van der Waals surface area contributed by atoms with Gasteiger partial charge in [-0.1, -0.05) is 55.6 Å². The summed E-state index contributed by atoms with van der Waals surface area (Å²) in [6, 6.07) is 16.0. The molecule has 0 aliphatic rings. The molecule has 1 N–H and O–H groups in total. The number of amides is 1. The summed E-state index contributed by atoms with van der Waals surface area (Å²) in [5.41, 5.74) is 4.19. The van der Waals surface area contributed by atoms with Crippen LogP contribution in [0.4, 0.5) is 10.5 Å². The van der Waals surface area contributed by atoms with Crippen LogP contribution in [-0.2, 0) is 15.9 Å². The molecule has 2 aromatic carbocycles. The van der Waals surface area contributed by atoms with E-state index in [1.54, 1.807) is 0 Å². The Morgan fingerprint density at radius 3 is 2.17 bits per heavy atom. The minimum atomic E-state index is -0.504. The van der Waals surface area contributed by atoms with Gasteiger partial charge >= 0.3 is 6.09 Å². The van der Waals surface area contributed by atoms with Gasteiger partial charge < -0.3 is 9.47 Å². The molecule has 4 heteroatoms. The highest BCUT2D eigenvalue weighted by atomic mass is 16.6. The number of carbonyl (C=O) groups excluding carboxylic acids is 1. The fourth-order valence-corrected chi connectivity index (χ4v) is 2.13. The molecule has 0 saturated carbocycles. The number of ether oxygens (including phenoxy) is 2. The largest absolute Gasteiger partial charge is 0.498 e. The van der Waals surface area contributed by atoms with Gasteiger partial charge in [-0.05, 0) is 35.2 Å². The van der Waals surface area contributed by atoms with Crippen LogP contribution in [-0.4, -0.2) is 19.3 Å². The zero-order valence-electron chi connectivity index (χ0n) is 13.5. The van der Waals surface area contributed by atoms with Gasteiger partial charge in [-0.3, -0.25) is 5.32 Å². The van der Waals surface area contributed by atoms with Crippen LogP contribution in [0.25, 0.3) is 6.08 Å². The minimum Gasteiger partial charge on any atom is -0.498 e. The lowest BCUT2D eigenvalue weighted by Gasteiger charge is -2.08. The summed E-state index contributed by atoms with van der Waals surface area (Å²) >= 11 is 0. The number of benzene rings is 2. The molecule has 0 heterocycles. The van der Waals surface area contributed by atoms with Crippen LogP contribution in [0.2, 0.25) is 0 Å². The summed E-state index contributed by atoms with van der Waals surface area (Å²) < 4.78 is 9.84. The van der Waals surface area contributed by atoms with Crippen LogP contribution in [0.3, 0.4) is 0 Å². The molecule has 0 atom stereocenters. The number of carbonyl (C=O) groups is 1. The van der Waals surface area contributed by atoms with Gasteiger partial charge in [0.2, 0.25) is 0 Å². The van der Waals surface area contributed by atoms with Crippen molar-refractivity contribution >= 4 is 17.9 Å². The van der Waals surface area contributed by atoms with Crippen molar-refractivity contribution in [2.75, 3.05) is 18.5 Å². The fourth-order valence-electron chi connectivity index (χ4n) is 2.13. The summed E-state index contributed by atoms with van der Waals surface area (Å²) in [6.07, 6.45) is 3.47. The normalized spacial score (nSPS) is 9.83. The Morgan fingerprint density at radius 1 is 0.958 bits per heavy atom. The van der Waals surface area contributed by atoms with Crippen LogP contribution in [0, 0.1) is 0 Å². The van der Waals surface area contributed by atoms with Crippen molar-refractivity contribution in [2.24, 2.45) is 0 Å². The van der Waals surface area contributed by atoms with Crippen LogP contribution >= 0.6 is 0 Å². The molecule has 0 radical (unpaired) electrons. The lowest BCUT2D eigenvalue weighted by atomic mass is 10.0. The third-order valence-electron chi connectivity index (χ3n) is 3.38. The molecule has 0 spiro atoms. The number of hydrogen-bond acceptors (Lipinski definition) is 3. The molecule has 2 rings (SSSR count). The van der Waals surface area contributed by atoms with E-state index in [9.17, 15) is 4.79 Å². The smallest absolute Gasteiger partial charge is 0.411 e. The maximum Gasteiger partial charge on any atom is 0.411 e. The zero-order valence-corrected chi connectivity index (χ0v) is 13.5. The Labute approximate surface area is 142 Å². The summed E-state index contributed by atoms with van der Waals surface area (Å²) in [7, 11) is 0. The zero-order chi connectivity index (χ0) is 17.2. The summed E-state index contributed by atoms with van der Waals surface area (Å²) in [6.45, 7) is 7.63. The van der Waals surface area contributed by atoms with Crippen molar-refractivity contribution in [3.8, 4) is 0 Å². The number of nitrogens with one attached hydrogen (secondary N) is 1. The molecule has 2 aromatic rings. The standard InChI is InChI=1S/C20H21NO3/c1-3-16-5-7-17(8-6-16)15-18-9-11-19(12-10-18)21-20(22)24-14-13-23-4-2/h3-12H,1-2,13-15H2,(H,21,22). The van der Waals surface area contributed by atoms with E-state index in [-0.39, 0.29) is 6.61 Å². The van der Waals surface area contributed by atoms with Gasteiger partial charge in [0.25, 0.3) is 0 Å². The minimum absolute atomic E-state index is 0.177. The van der Waals surface area contributed by atoms with Crippen molar-refractivity contribution in [1.82, 2.24) is 0 Å². The van der Waals surface area contributed by atoms with Gasteiger partial charge in [-0.15, -0.1) is 0 Å². The molecule has 0 saturated heterocycles. The van der Waals surface area contributed by atoms with Gasteiger partial charge in [0.05, 0.1) is 6.26 Å². The number of rotatable bonds is 8. The predicted molar refractivity (Wildman–Crippen MR) is 96.9 cm³/mol. The van der Waals surface area contributed by atoms with E-state index >= 15 is 0 Å². The van der Waals surface area contributed by atoms with E-state index in [0.29, 0.717) is 12.3 Å². The molecule has 0 unspecified atom stereocenters. The molecule has 0 aromatic heterocycles. The second-order valence-corrected chi connectivity index (χ2v) is 5.12. The first-order valence-electron chi connectivity index (χ1n) is 7.68. The van der Waals surface area contributed by atoms with Crippen molar-refractivity contribution in [2.45, 2.75) is 6.42 Å². The number of hydrogen-bond donors (Lipinski definition) is 1. The molecule has 0 aliphatic heterocycles. The lowest BCUT2D eigenvalue weighted by molar-refractivity contribution is 0.123. The molecule has 4 nitrogen and oxygen atoms in total. The fraction of sp³-hybridized carbons (Fsp3) is 0.150. The van der Waals surface area contributed by atoms with Crippen molar-refractivity contribution in [3.05, 3.63) is 84.6 Å². The average molecular weight is 323 g/mol. The van der Waals surface area contributed by atoms with E-state index in [1.165, 1.54) is 17.4 Å². The SMILES string of the molecule is C=COCCOC(=O)Nc1ccc(Cc2ccc(C=C)cc2)cc1. The Kier molecular flexibility index (Phi) is 6.65. The van der Waals surface area contributed by atoms with Crippen LogP contribution < -0.4 is 5.32 Å². The van der Waals surface area contributed by atoms with E-state index < -0.39 is 6.09 Å². The second-order valence-electron chi connectivity index (χ2n) is 5.12. The first kappa shape index (κ1) is 17.3. The van der Waals surface area contributed by atoms with E-state index in [0.717, 1.165) is 12.0 Å². The molecule has 0 aliphatic carbocycles.